The van der Waals surface area contributed by atoms with E-state index in [0.717, 1.165) is 38.4 Å². The predicted octanol–water partition coefficient (Wildman–Crippen LogP) is 2.29. The maximum absolute atomic E-state index is 11.6. The molecule has 0 aromatic rings. The smallest absolute Gasteiger partial charge is 0.315 e. The molecule has 0 aromatic carbocycles. The Kier molecular flexibility index (Phi) is 7.01. The van der Waals surface area contributed by atoms with Crippen LogP contribution in [0.1, 0.15) is 46.0 Å². The summed E-state index contributed by atoms with van der Waals surface area (Å²) < 4.78 is 5.21. The van der Waals surface area contributed by atoms with Gasteiger partial charge in [-0.2, -0.15) is 0 Å². The van der Waals surface area contributed by atoms with Crippen molar-refractivity contribution >= 4 is 6.03 Å². The highest BCUT2D eigenvalue weighted by Crippen LogP contribution is 2.23. The van der Waals surface area contributed by atoms with Crippen LogP contribution in [0.25, 0.3) is 0 Å². The minimum atomic E-state index is -0.0272. The summed E-state index contributed by atoms with van der Waals surface area (Å²) in [5.74, 6) is 0.743. The quantitative estimate of drug-likeness (QED) is 0.702. The normalized spacial score (nSPS) is 24.4. The Morgan fingerprint density at radius 1 is 1.41 bits per heavy atom. The molecule has 2 atom stereocenters. The average molecular weight is 242 g/mol. The van der Waals surface area contributed by atoms with Crippen LogP contribution in [0.15, 0.2) is 0 Å². The zero-order valence-corrected chi connectivity index (χ0v) is 11.1. The fourth-order valence-corrected chi connectivity index (χ4v) is 2.32. The van der Waals surface area contributed by atoms with Gasteiger partial charge in [0.05, 0.1) is 0 Å². The number of nitrogens with one attached hydrogen (secondary N) is 2. The second kappa shape index (κ2) is 8.34. The first-order chi connectivity index (χ1) is 8.22. The summed E-state index contributed by atoms with van der Waals surface area (Å²) in [7, 11) is 0. The summed E-state index contributed by atoms with van der Waals surface area (Å²) in [5, 5.41) is 5.92. The molecule has 1 rings (SSSR count). The van der Waals surface area contributed by atoms with Crippen LogP contribution in [-0.2, 0) is 4.74 Å². The van der Waals surface area contributed by atoms with E-state index in [1.807, 2.05) is 6.92 Å². The van der Waals surface area contributed by atoms with Crippen molar-refractivity contribution < 1.29 is 9.53 Å². The van der Waals surface area contributed by atoms with Crippen molar-refractivity contribution in [3.63, 3.8) is 0 Å². The first-order valence-electron chi connectivity index (χ1n) is 6.84. The lowest BCUT2D eigenvalue weighted by molar-refractivity contribution is 0.145. The Balaban J connectivity index is 2.04. The number of ether oxygens (including phenoxy) is 1. The van der Waals surface area contributed by atoms with Crippen LogP contribution >= 0.6 is 0 Å². The number of hydrogen-bond donors (Lipinski definition) is 2. The molecule has 0 aliphatic heterocycles. The van der Waals surface area contributed by atoms with Gasteiger partial charge in [-0.3, -0.25) is 0 Å². The fourth-order valence-electron chi connectivity index (χ4n) is 2.32. The third-order valence-electron chi connectivity index (χ3n) is 3.23. The van der Waals surface area contributed by atoms with E-state index in [1.165, 1.54) is 12.8 Å². The van der Waals surface area contributed by atoms with Crippen LogP contribution in [-0.4, -0.2) is 31.8 Å². The largest absolute Gasteiger partial charge is 0.382 e. The predicted molar refractivity (Wildman–Crippen MR) is 69.1 cm³/mol. The summed E-state index contributed by atoms with van der Waals surface area (Å²) in [6.45, 7) is 6.38. The van der Waals surface area contributed by atoms with E-state index in [2.05, 4.69) is 17.6 Å². The zero-order chi connectivity index (χ0) is 12.5. The molecule has 2 N–H and O–H groups in total. The molecule has 100 valence electrons. The monoisotopic (exact) mass is 242 g/mol. The molecule has 4 heteroatoms. The molecule has 4 nitrogen and oxygen atoms in total. The van der Waals surface area contributed by atoms with Gasteiger partial charge >= 0.3 is 6.03 Å². The molecular formula is C13H26N2O2. The standard InChI is InChI=1S/C13H26N2O2/c1-3-17-9-5-8-14-13(16)15-12-7-4-6-11(2)10-12/h11-12H,3-10H2,1-2H3,(H2,14,15,16)/t11-,12+/m0/s1. The first-order valence-corrected chi connectivity index (χ1v) is 6.84. The van der Waals surface area contributed by atoms with E-state index >= 15 is 0 Å². The van der Waals surface area contributed by atoms with Gasteiger partial charge in [-0.15, -0.1) is 0 Å². The number of carbonyl (C=O) groups excluding carboxylic acids is 1. The Morgan fingerprint density at radius 2 is 2.24 bits per heavy atom. The molecule has 0 saturated heterocycles. The van der Waals surface area contributed by atoms with Crippen LogP contribution in [0.4, 0.5) is 4.79 Å². The number of hydrogen-bond acceptors (Lipinski definition) is 2. The van der Waals surface area contributed by atoms with E-state index < -0.39 is 0 Å². The number of amides is 2. The van der Waals surface area contributed by atoms with Crippen LogP contribution in [0.3, 0.4) is 0 Å². The minimum absolute atomic E-state index is 0.0272. The van der Waals surface area contributed by atoms with E-state index in [0.29, 0.717) is 12.6 Å². The summed E-state index contributed by atoms with van der Waals surface area (Å²) >= 11 is 0. The maximum Gasteiger partial charge on any atom is 0.315 e. The van der Waals surface area contributed by atoms with Crippen molar-refractivity contribution in [3.05, 3.63) is 0 Å². The Hall–Kier alpha value is -0.770. The molecule has 0 unspecified atom stereocenters. The third kappa shape index (κ3) is 6.51. The van der Waals surface area contributed by atoms with Crippen molar-refractivity contribution in [2.24, 2.45) is 5.92 Å². The third-order valence-corrected chi connectivity index (χ3v) is 3.23. The SMILES string of the molecule is CCOCCCNC(=O)N[C@@H]1CCC[C@H](C)C1. The summed E-state index contributed by atoms with van der Waals surface area (Å²) in [6.07, 6.45) is 5.65. The highest BCUT2D eigenvalue weighted by molar-refractivity contribution is 5.74. The van der Waals surface area contributed by atoms with Gasteiger partial charge in [0.15, 0.2) is 0 Å². The number of carbonyl (C=O) groups is 1. The van der Waals surface area contributed by atoms with Gasteiger partial charge in [0.1, 0.15) is 0 Å². The molecule has 0 radical (unpaired) electrons. The summed E-state index contributed by atoms with van der Waals surface area (Å²) in [6, 6.07) is 0.339. The molecule has 0 heterocycles. The number of urea groups is 1. The topological polar surface area (TPSA) is 50.4 Å². The molecule has 1 aliphatic rings. The second-order valence-electron chi connectivity index (χ2n) is 4.92. The van der Waals surface area contributed by atoms with Crippen molar-refractivity contribution in [1.82, 2.24) is 10.6 Å². The van der Waals surface area contributed by atoms with E-state index in [1.54, 1.807) is 0 Å². The van der Waals surface area contributed by atoms with E-state index in [4.69, 9.17) is 4.74 Å². The summed E-state index contributed by atoms with van der Waals surface area (Å²) in [4.78, 5) is 11.6. The van der Waals surface area contributed by atoms with Gasteiger partial charge in [-0.25, -0.2) is 4.79 Å². The van der Waals surface area contributed by atoms with Crippen LogP contribution in [0.5, 0.6) is 0 Å². The lowest BCUT2D eigenvalue weighted by Crippen LogP contribution is -2.44. The van der Waals surface area contributed by atoms with Crippen LogP contribution in [0.2, 0.25) is 0 Å². The first kappa shape index (κ1) is 14.3. The fraction of sp³-hybridized carbons (Fsp3) is 0.923. The van der Waals surface area contributed by atoms with Crippen LogP contribution in [0, 0.1) is 5.92 Å². The Labute approximate surface area is 104 Å². The highest BCUT2D eigenvalue weighted by Gasteiger charge is 2.19. The van der Waals surface area contributed by atoms with Gasteiger partial charge in [0.2, 0.25) is 0 Å². The van der Waals surface area contributed by atoms with Crippen LogP contribution < -0.4 is 10.6 Å². The summed E-state index contributed by atoms with van der Waals surface area (Å²) in [5.41, 5.74) is 0. The molecule has 0 spiro atoms. The molecule has 0 bridgehead atoms. The van der Waals surface area contributed by atoms with Gasteiger partial charge in [-0.1, -0.05) is 19.8 Å². The minimum Gasteiger partial charge on any atom is -0.382 e. The Morgan fingerprint density at radius 3 is 2.94 bits per heavy atom. The lowest BCUT2D eigenvalue weighted by atomic mass is 9.87. The Bertz CT molecular complexity index is 221. The van der Waals surface area contributed by atoms with Crippen molar-refractivity contribution in [1.29, 1.82) is 0 Å². The lowest BCUT2D eigenvalue weighted by Gasteiger charge is -2.27. The molecular weight excluding hydrogens is 216 g/mol. The van der Waals surface area contributed by atoms with Gasteiger partial charge < -0.3 is 15.4 Å². The van der Waals surface area contributed by atoms with E-state index in [9.17, 15) is 4.79 Å². The zero-order valence-electron chi connectivity index (χ0n) is 11.1. The molecule has 1 fully saturated rings. The maximum atomic E-state index is 11.6. The molecule has 2 amide bonds. The van der Waals surface area contributed by atoms with Crippen molar-refractivity contribution in [2.45, 2.75) is 52.0 Å². The molecule has 1 aliphatic carbocycles. The van der Waals surface area contributed by atoms with E-state index in [-0.39, 0.29) is 6.03 Å². The van der Waals surface area contributed by atoms with Crippen molar-refractivity contribution in [3.8, 4) is 0 Å². The molecule has 1 saturated carbocycles. The highest BCUT2D eigenvalue weighted by atomic mass is 16.5. The molecule has 0 aromatic heterocycles. The van der Waals surface area contributed by atoms with Crippen molar-refractivity contribution in [2.75, 3.05) is 19.8 Å². The molecule has 17 heavy (non-hydrogen) atoms. The van der Waals surface area contributed by atoms with Gasteiger partial charge in [0.25, 0.3) is 0 Å². The van der Waals surface area contributed by atoms with Gasteiger partial charge in [-0.05, 0) is 32.1 Å². The number of rotatable bonds is 6. The van der Waals surface area contributed by atoms with Gasteiger partial charge in [0, 0.05) is 25.8 Å². The second-order valence-corrected chi connectivity index (χ2v) is 4.92. The average Bonchev–Trinajstić information content (AvgIpc) is 2.29.